The van der Waals surface area contributed by atoms with Crippen molar-refractivity contribution >= 4 is 11.8 Å². The number of aliphatic hydroxyl groups is 1. The molecule has 0 heterocycles. The van der Waals surface area contributed by atoms with Gasteiger partial charge in [0.2, 0.25) is 0 Å². The van der Waals surface area contributed by atoms with E-state index in [4.69, 9.17) is 0 Å². The van der Waals surface area contributed by atoms with Crippen molar-refractivity contribution in [3.63, 3.8) is 0 Å². The highest BCUT2D eigenvalue weighted by Crippen LogP contribution is 2.17. The minimum Gasteiger partial charge on any atom is -0.392 e. The van der Waals surface area contributed by atoms with Gasteiger partial charge in [-0.3, -0.25) is 0 Å². The Morgan fingerprint density at radius 2 is 1.94 bits per heavy atom. The largest absolute Gasteiger partial charge is 0.392 e. The van der Waals surface area contributed by atoms with Crippen LogP contribution in [0.2, 0.25) is 0 Å². The van der Waals surface area contributed by atoms with Crippen LogP contribution in [0.4, 0.5) is 0 Å². The summed E-state index contributed by atoms with van der Waals surface area (Å²) in [7, 11) is 0. The quantitative estimate of drug-likeness (QED) is 0.757. The molecule has 0 aromatic heterocycles. The maximum atomic E-state index is 9.85. The van der Waals surface area contributed by atoms with E-state index in [1.165, 1.54) is 12.0 Å². The predicted molar refractivity (Wildman–Crippen MR) is 77.6 cm³/mol. The van der Waals surface area contributed by atoms with E-state index >= 15 is 0 Å². The summed E-state index contributed by atoms with van der Waals surface area (Å²) < 4.78 is 0. The fraction of sp³-hybridized carbons (Fsp3) is 0.600. The molecule has 0 aliphatic heterocycles. The van der Waals surface area contributed by atoms with Gasteiger partial charge >= 0.3 is 0 Å². The summed E-state index contributed by atoms with van der Waals surface area (Å²) in [6.45, 7) is 4.42. The summed E-state index contributed by atoms with van der Waals surface area (Å²) in [4.78, 5) is 0. The van der Waals surface area contributed by atoms with Crippen LogP contribution in [0, 0.1) is 0 Å². The molecule has 0 bridgehead atoms. The Hall–Kier alpha value is -0.470. The summed E-state index contributed by atoms with van der Waals surface area (Å²) in [6, 6.07) is 10.5. The van der Waals surface area contributed by atoms with Gasteiger partial charge in [-0.1, -0.05) is 44.2 Å². The van der Waals surface area contributed by atoms with Gasteiger partial charge < -0.3 is 5.11 Å². The Morgan fingerprint density at radius 1 is 1.24 bits per heavy atom. The van der Waals surface area contributed by atoms with Gasteiger partial charge in [-0.25, -0.2) is 0 Å². The van der Waals surface area contributed by atoms with Crippen molar-refractivity contribution in [3.05, 3.63) is 35.9 Å². The second kappa shape index (κ2) is 8.60. The second-order valence-corrected chi connectivity index (χ2v) is 6.06. The van der Waals surface area contributed by atoms with Gasteiger partial charge in [0, 0.05) is 11.0 Å². The SMILES string of the molecule is CCC(C)SCC(O)CCCc1ccccc1. The van der Waals surface area contributed by atoms with Gasteiger partial charge in [-0.15, -0.1) is 0 Å². The van der Waals surface area contributed by atoms with Crippen LogP contribution in [0.5, 0.6) is 0 Å². The molecule has 2 heteroatoms. The van der Waals surface area contributed by atoms with Crippen LogP contribution >= 0.6 is 11.8 Å². The van der Waals surface area contributed by atoms with Crippen LogP contribution in [-0.4, -0.2) is 22.2 Å². The number of hydrogen-bond acceptors (Lipinski definition) is 2. The predicted octanol–water partition coefficient (Wildman–Crippen LogP) is 3.90. The number of aliphatic hydroxyl groups excluding tert-OH is 1. The standard InChI is InChI=1S/C15H24OS/c1-3-13(2)17-12-15(16)11-7-10-14-8-5-4-6-9-14/h4-6,8-9,13,15-16H,3,7,10-12H2,1-2H3. The number of thioether (sulfide) groups is 1. The minimum atomic E-state index is -0.141. The molecule has 1 nitrogen and oxygen atoms in total. The molecule has 0 aliphatic rings. The molecular weight excluding hydrogens is 228 g/mol. The van der Waals surface area contributed by atoms with Crippen LogP contribution in [0.1, 0.15) is 38.7 Å². The lowest BCUT2D eigenvalue weighted by Gasteiger charge is -2.13. The van der Waals surface area contributed by atoms with Gasteiger partial charge in [-0.2, -0.15) is 11.8 Å². The van der Waals surface area contributed by atoms with Gasteiger partial charge in [0.05, 0.1) is 6.10 Å². The second-order valence-electron chi connectivity index (χ2n) is 4.58. The molecule has 96 valence electrons. The van der Waals surface area contributed by atoms with Crippen molar-refractivity contribution in [2.45, 2.75) is 50.9 Å². The smallest absolute Gasteiger partial charge is 0.0630 e. The third-order valence-electron chi connectivity index (χ3n) is 2.99. The Labute approximate surface area is 110 Å². The number of hydrogen-bond donors (Lipinski definition) is 1. The van der Waals surface area contributed by atoms with Gasteiger partial charge in [0.25, 0.3) is 0 Å². The van der Waals surface area contributed by atoms with Crippen LogP contribution in [0.3, 0.4) is 0 Å². The van der Waals surface area contributed by atoms with E-state index < -0.39 is 0 Å². The third-order valence-corrected chi connectivity index (χ3v) is 4.47. The molecule has 0 saturated heterocycles. The Morgan fingerprint density at radius 3 is 2.59 bits per heavy atom. The van der Waals surface area contributed by atoms with Gasteiger partial charge in [-0.05, 0) is 31.2 Å². The first kappa shape index (κ1) is 14.6. The van der Waals surface area contributed by atoms with E-state index in [0.717, 1.165) is 25.0 Å². The van der Waals surface area contributed by atoms with Crippen molar-refractivity contribution in [1.82, 2.24) is 0 Å². The number of aryl methyl sites for hydroxylation is 1. The zero-order valence-electron chi connectivity index (χ0n) is 10.9. The molecule has 0 fully saturated rings. The van der Waals surface area contributed by atoms with Crippen LogP contribution in [0.15, 0.2) is 30.3 Å². The van der Waals surface area contributed by atoms with E-state index in [-0.39, 0.29) is 6.10 Å². The first-order valence-electron chi connectivity index (χ1n) is 6.56. The van der Waals surface area contributed by atoms with Crippen molar-refractivity contribution in [2.75, 3.05) is 5.75 Å². The van der Waals surface area contributed by atoms with Crippen LogP contribution < -0.4 is 0 Å². The highest BCUT2D eigenvalue weighted by atomic mass is 32.2. The summed E-state index contributed by atoms with van der Waals surface area (Å²) in [6.07, 6.45) is 4.11. The van der Waals surface area contributed by atoms with E-state index in [1.54, 1.807) is 0 Å². The molecule has 2 unspecified atom stereocenters. The summed E-state index contributed by atoms with van der Waals surface area (Å²) in [5, 5.41) is 10.5. The lowest BCUT2D eigenvalue weighted by atomic mass is 10.1. The molecule has 2 atom stereocenters. The molecule has 1 rings (SSSR count). The van der Waals surface area contributed by atoms with Gasteiger partial charge in [0.15, 0.2) is 0 Å². The zero-order valence-corrected chi connectivity index (χ0v) is 11.7. The molecule has 1 aromatic rings. The van der Waals surface area contributed by atoms with Crippen molar-refractivity contribution in [2.24, 2.45) is 0 Å². The summed E-state index contributed by atoms with van der Waals surface area (Å²) in [5.74, 6) is 0.879. The molecule has 0 aliphatic carbocycles. The minimum absolute atomic E-state index is 0.141. The normalized spacial score (nSPS) is 14.5. The average molecular weight is 252 g/mol. The highest BCUT2D eigenvalue weighted by Gasteiger charge is 2.07. The third kappa shape index (κ3) is 6.75. The fourth-order valence-electron chi connectivity index (χ4n) is 1.66. The molecule has 17 heavy (non-hydrogen) atoms. The van der Waals surface area contributed by atoms with E-state index in [1.807, 2.05) is 17.8 Å². The number of benzene rings is 1. The molecule has 0 saturated carbocycles. The zero-order chi connectivity index (χ0) is 12.5. The van der Waals surface area contributed by atoms with Crippen molar-refractivity contribution in [3.8, 4) is 0 Å². The molecule has 0 spiro atoms. The Bertz CT molecular complexity index is 286. The van der Waals surface area contributed by atoms with Crippen LogP contribution in [-0.2, 0) is 6.42 Å². The molecular formula is C15H24OS. The van der Waals surface area contributed by atoms with Gasteiger partial charge in [0.1, 0.15) is 0 Å². The molecule has 1 N–H and O–H groups in total. The Balaban J connectivity index is 2.10. The monoisotopic (exact) mass is 252 g/mol. The number of rotatable bonds is 8. The Kier molecular flexibility index (Phi) is 7.38. The summed E-state index contributed by atoms with van der Waals surface area (Å²) >= 11 is 1.88. The maximum Gasteiger partial charge on any atom is 0.0630 e. The van der Waals surface area contributed by atoms with Crippen molar-refractivity contribution in [1.29, 1.82) is 0 Å². The molecule has 0 amide bonds. The van der Waals surface area contributed by atoms with E-state index in [9.17, 15) is 5.11 Å². The molecule has 1 aromatic carbocycles. The average Bonchev–Trinajstić information content (AvgIpc) is 2.37. The fourth-order valence-corrected chi connectivity index (χ4v) is 2.62. The topological polar surface area (TPSA) is 20.2 Å². The van der Waals surface area contributed by atoms with E-state index in [2.05, 4.69) is 38.1 Å². The maximum absolute atomic E-state index is 9.85. The van der Waals surface area contributed by atoms with E-state index in [0.29, 0.717) is 5.25 Å². The molecule has 0 radical (unpaired) electrons. The first-order chi connectivity index (χ1) is 8.22. The highest BCUT2D eigenvalue weighted by molar-refractivity contribution is 7.99. The van der Waals surface area contributed by atoms with Crippen LogP contribution in [0.25, 0.3) is 0 Å². The van der Waals surface area contributed by atoms with Crippen molar-refractivity contribution < 1.29 is 5.11 Å². The lowest BCUT2D eigenvalue weighted by Crippen LogP contribution is -2.12. The summed E-state index contributed by atoms with van der Waals surface area (Å²) in [5.41, 5.74) is 1.37. The lowest BCUT2D eigenvalue weighted by molar-refractivity contribution is 0.186. The first-order valence-corrected chi connectivity index (χ1v) is 7.60.